The number of hydrogen-bond acceptors (Lipinski definition) is 5. The van der Waals surface area contributed by atoms with Gasteiger partial charge in [-0.2, -0.15) is 5.26 Å². The molecule has 1 aliphatic rings. The number of benzene rings is 1. The van der Waals surface area contributed by atoms with Crippen molar-refractivity contribution in [1.29, 1.82) is 5.26 Å². The highest BCUT2D eigenvalue weighted by Crippen LogP contribution is 2.33. The Labute approximate surface area is 123 Å². The lowest BCUT2D eigenvalue weighted by Crippen LogP contribution is -2.40. The SMILES string of the molecule is CC1CCC(O)(CNc2ccc(C#N)cc2[N+](=O)[O-])CC1. The predicted molar refractivity (Wildman–Crippen MR) is 78.9 cm³/mol. The standard InChI is InChI=1S/C15H19N3O3/c1-11-4-6-15(19,7-5-11)10-17-13-3-2-12(9-16)8-14(13)18(20)21/h2-3,8,11,17,19H,4-7,10H2,1H3. The second-order valence-corrected chi connectivity index (χ2v) is 5.86. The average molecular weight is 289 g/mol. The van der Waals surface area contributed by atoms with Crippen molar-refractivity contribution in [3.63, 3.8) is 0 Å². The lowest BCUT2D eigenvalue weighted by molar-refractivity contribution is -0.384. The summed E-state index contributed by atoms with van der Waals surface area (Å²) in [6, 6.07) is 6.18. The molecule has 0 atom stereocenters. The highest BCUT2D eigenvalue weighted by Gasteiger charge is 2.32. The summed E-state index contributed by atoms with van der Waals surface area (Å²) in [5, 5.41) is 33.3. The van der Waals surface area contributed by atoms with E-state index in [-0.39, 0.29) is 17.8 Å². The molecule has 6 nitrogen and oxygen atoms in total. The number of nitrogens with zero attached hydrogens (tertiary/aromatic N) is 2. The van der Waals surface area contributed by atoms with Crippen LogP contribution in [0.1, 0.15) is 38.2 Å². The fraction of sp³-hybridized carbons (Fsp3) is 0.533. The molecule has 1 aliphatic carbocycles. The Hall–Kier alpha value is -2.13. The molecular formula is C15H19N3O3. The molecule has 0 unspecified atom stereocenters. The summed E-state index contributed by atoms with van der Waals surface area (Å²) in [6.07, 6.45) is 3.33. The molecule has 21 heavy (non-hydrogen) atoms. The number of hydrogen-bond donors (Lipinski definition) is 2. The van der Waals surface area contributed by atoms with Gasteiger partial charge in [0.15, 0.2) is 0 Å². The first-order valence-electron chi connectivity index (χ1n) is 7.08. The summed E-state index contributed by atoms with van der Waals surface area (Å²) in [6.45, 7) is 2.45. The van der Waals surface area contributed by atoms with Crippen LogP contribution in [0.25, 0.3) is 0 Å². The molecule has 0 aromatic heterocycles. The van der Waals surface area contributed by atoms with Gasteiger partial charge >= 0.3 is 0 Å². The Morgan fingerprint density at radius 2 is 2.19 bits per heavy atom. The van der Waals surface area contributed by atoms with Gasteiger partial charge < -0.3 is 10.4 Å². The van der Waals surface area contributed by atoms with Crippen molar-refractivity contribution < 1.29 is 10.0 Å². The summed E-state index contributed by atoms with van der Waals surface area (Å²) in [5.74, 6) is 0.620. The van der Waals surface area contributed by atoms with Crippen molar-refractivity contribution >= 4 is 11.4 Å². The number of nitro benzene ring substituents is 1. The van der Waals surface area contributed by atoms with Crippen LogP contribution in [0.3, 0.4) is 0 Å². The van der Waals surface area contributed by atoms with E-state index in [1.807, 2.05) is 6.07 Å². The maximum absolute atomic E-state index is 11.1. The van der Waals surface area contributed by atoms with Crippen LogP contribution < -0.4 is 5.32 Å². The average Bonchev–Trinajstić information content (AvgIpc) is 2.48. The molecule has 2 rings (SSSR count). The van der Waals surface area contributed by atoms with Gasteiger partial charge in [-0.3, -0.25) is 10.1 Å². The molecule has 2 N–H and O–H groups in total. The molecule has 0 radical (unpaired) electrons. The minimum atomic E-state index is -0.811. The van der Waals surface area contributed by atoms with E-state index in [2.05, 4.69) is 12.2 Å². The Morgan fingerprint density at radius 3 is 2.76 bits per heavy atom. The molecule has 112 valence electrons. The Kier molecular flexibility index (Phi) is 4.43. The molecule has 1 aromatic carbocycles. The highest BCUT2D eigenvalue weighted by molar-refractivity contribution is 5.64. The van der Waals surface area contributed by atoms with Crippen LogP contribution >= 0.6 is 0 Å². The number of nitrogens with one attached hydrogen (secondary N) is 1. The smallest absolute Gasteiger partial charge is 0.293 e. The van der Waals surface area contributed by atoms with Crippen LogP contribution in [-0.4, -0.2) is 22.2 Å². The maximum Gasteiger partial charge on any atom is 0.293 e. The quantitative estimate of drug-likeness (QED) is 0.656. The minimum Gasteiger partial charge on any atom is -0.388 e. The van der Waals surface area contributed by atoms with E-state index in [9.17, 15) is 15.2 Å². The van der Waals surface area contributed by atoms with E-state index in [1.54, 1.807) is 0 Å². The molecule has 0 spiro atoms. The van der Waals surface area contributed by atoms with Gasteiger partial charge in [0.1, 0.15) is 5.69 Å². The third-order valence-corrected chi connectivity index (χ3v) is 4.14. The number of aliphatic hydroxyl groups is 1. The molecule has 1 aromatic rings. The van der Waals surface area contributed by atoms with E-state index < -0.39 is 10.5 Å². The van der Waals surface area contributed by atoms with E-state index in [4.69, 9.17) is 5.26 Å². The number of anilines is 1. The predicted octanol–water partition coefficient (Wildman–Crippen LogP) is 2.82. The van der Waals surface area contributed by atoms with Gasteiger partial charge in [-0.25, -0.2) is 0 Å². The molecule has 0 bridgehead atoms. The van der Waals surface area contributed by atoms with Crippen molar-refractivity contribution in [3.05, 3.63) is 33.9 Å². The third-order valence-electron chi connectivity index (χ3n) is 4.14. The van der Waals surface area contributed by atoms with Crippen molar-refractivity contribution in [1.82, 2.24) is 0 Å². The molecular weight excluding hydrogens is 270 g/mol. The zero-order valence-corrected chi connectivity index (χ0v) is 12.0. The van der Waals surface area contributed by atoms with Crippen molar-refractivity contribution in [2.45, 2.75) is 38.2 Å². The van der Waals surface area contributed by atoms with Crippen LogP contribution in [0, 0.1) is 27.4 Å². The first kappa shape index (κ1) is 15.3. The Morgan fingerprint density at radius 1 is 1.52 bits per heavy atom. The van der Waals surface area contributed by atoms with Crippen molar-refractivity contribution in [2.75, 3.05) is 11.9 Å². The zero-order chi connectivity index (χ0) is 15.5. The topological polar surface area (TPSA) is 99.2 Å². The lowest BCUT2D eigenvalue weighted by atomic mass is 9.79. The van der Waals surface area contributed by atoms with Gasteiger partial charge in [-0.05, 0) is 43.7 Å². The first-order chi connectivity index (χ1) is 9.93. The van der Waals surface area contributed by atoms with Gasteiger partial charge in [0, 0.05) is 12.6 Å². The van der Waals surface area contributed by atoms with Crippen LogP contribution in [0.15, 0.2) is 18.2 Å². The Bertz CT molecular complexity index is 572. The second-order valence-electron chi connectivity index (χ2n) is 5.86. The largest absolute Gasteiger partial charge is 0.388 e. The van der Waals surface area contributed by atoms with Crippen LogP contribution in [0.4, 0.5) is 11.4 Å². The summed E-state index contributed by atoms with van der Waals surface area (Å²) >= 11 is 0. The summed E-state index contributed by atoms with van der Waals surface area (Å²) in [7, 11) is 0. The summed E-state index contributed by atoms with van der Waals surface area (Å²) < 4.78 is 0. The molecule has 1 saturated carbocycles. The molecule has 0 saturated heterocycles. The van der Waals surface area contributed by atoms with Crippen molar-refractivity contribution in [3.8, 4) is 6.07 Å². The van der Waals surface area contributed by atoms with E-state index in [1.165, 1.54) is 18.2 Å². The first-order valence-corrected chi connectivity index (χ1v) is 7.08. The van der Waals surface area contributed by atoms with Gasteiger partial charge in [0.05, 0.1) is 22.2 Å². The lowest BCUT2D eigenvalue weighted by Gasteiger charge is -2.35. The summed E-state index contributed by atoms with van der Waals surface area (Å²) in [5.41, 5.74) is -0.362. The van der Waals surface area contributed by atoms with Crippen LogP contribution in [0.2, 0.25) is 0 Å². The third kappa shape index (κ3) is 3.70. The van der Waals surface area contributed by atoms with Crippen LogP contribution in [-0.2, 0) is 0 Å². The summed E-state index contributed by atoms with van der Waals surface area (Å²) in [4.78, 5) is 10.5. The fourth-order valence-electron chi connectivity index (χ4n) is 2.64. The number of nitro groups is 1. The highest BCUT2D eigenvalue weighted by atomic mass is 16.6. The van der Waals surface area contributed by atoms with Gasteiger partial charge in [0.25, 0.3) is 5.69 Å². The maximum atomic E-state index is 11.1. The van der Waals surface area contributed by atoms with E-state index in [0.717, 1.165) is 12.8 Å². The molecule has 0 amide bonds. The van der Waals surface area contributed by atoms with E-state index in [0.29, 0.717) is 24.4 Å². The molecule has 1 fully saturated rings. The molecule has 6 heteroatoms. The van der Waals surface area contributed by atoms with Crippen LogP contribution in [0.5, 0.6) is 0 Å². The van der Waals surface area contributed by atoms with Gasteiger partial charge in [-0.15, -0.1) is 0 Å². The number of nitriles is 1. The fourth-order valence-corrected chi connectivity index (χ4v) is 2.64. The normalized spacial score (nSPS) is 25.1. The minimum absolute atomic E-state index is 0.137. The Balaban J connectivity index is 2.09. The second kappa shape index (κ2) is 6.10. The van der Waals surface area contributed by atoms with Crippen molar-refractivity contribution in [2.24, 2.45) is 5.92 Å². The van der Waals surface area contributed by atoms with E-state index >= 15 is 0 Å². The van der Waals surface area contributed by atoms with Gasteiger partial charge in [-0.1, -0.05) is 6.92 Å². The molecule has 0 aliphatic heterocycles. The monoisotopic (exact) mass is 289 g/mol. The van der Waals surface area contributed by atoms with Gasteiger partial charge in [0.2, 0.25) is 0 Å². The molecule has 0 heterocycles. The zero-order valence-electron chi connectivity index (χ0n) is 12.0. The number of rotatable bonds is 4.